The summed E-state index contributed by atoms with van der Waals surface area (Å²) in [7, 11) is 0. The highest BCUT2D eigenvalue weighted by Crippen LogP contribution is 2.43. The highest BCUT2D eigenvalue weighted by atomic mass is 14.7. The molecule has 1 heterocycles. The van der Waals surface area contributed by atoms with E-state index < -0.39 is 0 Å². The molecule has 1 nitrogen and oxygen atoms in total. The molecule has 0 spiro atoms. The maximum absolute atomic E-state index is 5.15. The van der Waals surface area contributed by atoms with Crippen molar-refractivity contribution >= 4 is 32.3 Å². The van der Waals surface area contributed by atoms with Crippen LogP contribution in [0.25, 0.3) is 66.0 Å². The number of fused-ring (bicyclic) bond motifs is 6. The second-order valence-electron chi connectivity index (χ2n) is 13.0. The average molecular weight is 614 g/mol. The topological polar surface area (TPSA) is 12.9 Å². The second-order valence-corrected chi connectivity index (χ2v) is 13.0. The van der Waals surface area contributed by atoms with Crippen LogP contribution in [-0.2, 0) is 0 Å². The number of hydrogen-bond donors (Lipinski definition) is 0. The van der Waals surface area contributed by atoms with Gasteiger partial charge in [-0.15, -0.1) is 0 Å². The van der Waals surface area contributed by atoms with E-state index in [4.69, 9.17) is 4.98 Å². The summed E-state index contributed by atoms with van der Waals surface area (Å²) in [6.07, 6.45) is 6.93. The summed E-state index contributed by atoms with van der Waals surface area (Å²) in [5.41, 5.74) is 9.72. The van der Waals surface area contributed by atoms with Gasteiger partial charge in [0.2, 0.25) is 0 Å². The quantitative estimate of drug-likeness (QED) is 0.139. The first-order valence-electron chi connectivity index (χ1n) is 17.0. The van der Waals surface area contributed by atoms with E-state index >= 15 is 0 Å². The Balaban J connectivity index is 1.12. The van der Waals surface area contributed by atoms with Gasteiger partial charge in [0.25, 0.3) is 0 Å². The fourth-order valence-corrected chi connectivity index (χ4v) is 7.85. The molecule has 0 aliphatic heterocycles. The lowest BCUT2D eigenvalue weighted by atomic mass is 9.77. The van der Waals surface area contributed by atoms with E-state index in [9.17, 15) is 0 Å². The van der Waals surface area contributed by atoms with Gasteiger partial charge in [-0.3, -0.25) is 0 Å². The van der Waals surface area contributed by atoms with Crippen molar-refractivity contribution in [1.29, 1.82) is 0 Å². The maximum Gasteiger partial charge on any atom is 0.0712 e. The van der Waals surface area contributed by atoms with Crippen molar-refractivity contribution in [3.8, 4) is 33.6 Å². The van der Waals surface area contributed by atoms with Gasteiger partial charge in [-0.1, -0.05) is 158 Å². The predicted molar refractivity (Wildman–Crippen MR) is 203 cm³/mol. The summed E-state index contributed by atoms with van der Waals surface area (Å²) in [4.78, 5) is 5.15. The van der Waals surface area contributed by atoms with Gasteiger partial charge in [0.1, 0.15) is 0 Å². The zero-order valence-electron chi connectivity index (χ0n) is 26.8. The first-order chi connectivity index (χ1) is 23.8. The molecule has 1 heteroatoms. The van der Waals surface area contributed by atoms with Crippen molar-refractivity contribution in [2.75, 3.05) is 0 Å². The SMILES string of the molecule is C1=CC(c2ccccc2-c2ccc3c4ccccc4c4ccccc4c3c2)CC(c2cc(-c3ccccc3)nc(-c3ccccc3)c2)C1. The summed E-state index contributed by atoms with van der Waals surface area (Å²) >= 11 is 0. The normalized spacial score (nSPS) is 16.1. The summed E-state index contributed by atoms with van der Waals surface area (Å²) in [6.45, 7) is 0. The van der Waals surface area contributed by atoms with E-state index in [1.54, 1.807) is 0 Å². The predicted octanol–water partition coefficient (Wildman–Crippen LogP) is 12.8. The van der Waals surface area contributed by atoms with E-state index in [1.807, 2.05) is 0 Å². The average Bonchev–Trinajstić information content (AvgIpc) is 3.18. The molecule has 0 amide bonds. The monoisotopic (exact) mass is 613 g/mol. The Bertz CT molecular complexity index is 2360. The van der Waals surface area contributed by atoms with E-state index in [2.05, 4.69) is 176 Å². The Labute approximate surface area is 281 Å². The molecule has 1 aliphatic carbocycles. The van der Waals surface area contributed by atoms with Crippen LogP contribution in [0.4, 0.5) is 0 Å². The number of nitrogens with zero attached hydrogens (tertiary/aromatic N) is 1. The summed E-state index contributed by atoms with van der Waals surface area (Å²) in [6, 6.07) is 59.6. The van der Waals surface area contributed by atoms with Crippen molar-refractivity contribution in [2.45, 2.75) is 24.7 Å². The zero-order chi connectivity index (χ0) is 31.9. The molecule has 8 aromatic rings. The van der Waals surface area contributed by atoms with Crippen LogP contribution in [0.2, 0.25) is 0 Å². The highest BCUT2D eigenvalue weighted by molar-refractivity contribution is 6.25. The number of hydrogen-bond acceptors (Lipinski definition) is 1. The zero-order valence-corrected chi connectivity index (χ0v) is 26.8. The van der Waals surface area contributed by atoms with Gasteiger partial charge >= 0.3 is 0 Å². The van der Waals surface area contributed by atoms with Gasteiger partial charge in [0, 0.05) is 17.0 Å². The summed E-state index contributed by atoms with van der Waals surface area (Å²) in [5, 5.41) is 7.87. The molecular formula is C47H35N. The minimum Gasteiger partial charge on any atom is -0.248 e. The number of aromatic nitrogens is 1. The summed E-state index contributed by atoms with van der Waals surface area (Å²) in [5.74, 6) is 0.713. The Morgan fingerprint density at radius 1 is 0.438 bits per heavy atom. The minimum absolute atomic E-state index is 0.317. The molecule has 0 saturated carbocycles. The molecule has 228 valence electrons. The molecule has 0 saturated heterocycles. The van der Waals surface area contributed by atoms with Crippen molar-refractivity contribution in [3.05, 3.63) is 187 Å². The van der Waals surface area contributed by atoms with Crippen LogP contribution in [0.3, 0.4) is 0 Å². The van der Waals surface area contributed by atoms with Crippen LogP contribution in [0, 0.1) is 0 Å². The Morgan fingerprint density at radius 3 is 1.58 bits per heavy atom. The van der Waals surface area contributed by atoms with E-state index in [0.717, 1.165) is 35.4 Å². The van der Waals surface area contributed by atoms with Crippen LogP contribution in [-0.4, -0.2) is 4.98 Å². The molecule has 0 radical (unpaired) electrons. The molecule has 1 aromatic heterocycles. The maximum atomic E-state index is 5.15. The lowest BCUT2D eigenvalue weighted by Crippen LogP contribution is -2.10. The molecule has 2 unspecified atom stereocenters. The van der Waals surface area contributed by atoms with Crippen LogP contribution in [0.5, 0.6) is 0 Å². The standard InChI is InChI=1S/C47H35N/c1-3-14-32(15-4-1)46-30-37(31-47(48-46)33-16-5-2-6-17-33)34-18-13-19-35(28-34)38-20-7-8-21-39(38)36-26-27-44-42-24-10-9-22-40(42)41-23-11-12-25-43(41)45(44)29-36/h1-17,19-27,29-31,34-35H,18,28H2. The fraction of sp³-hybridized carbons (Fsp3) is 0.0851. The van der Waals surface area contributed by atoms with Gasteiger partial charge < -0.3 is 0 Å². The third-order valence-electron chi connectivity index (χ3n) is 10.2. The van der Waals surface area contributed by atoms with Crippen LogP contribution in [0.1, 0.15) is 35.8 Å². The van der Waals surface area contributed by atoms with Crippen molar-refractivity contribution in [2.24, 2.45) is 0 Å². The van der Waals surface area contributed by atoms with E-state index in [0.29, 0.717) is 11.8 Å². The molecule has 0 N–H and O–H groups in total. The fourth-order valence-electron chi connectivity index (χ4n) is 7.85. The van der Waals surface area contributed by atoms with E-state index in [1.165, 1.54) is 54.6 Å². The second kappa shape index (κ2) is 12.1. The smallest absolute Gasteiger partial charge is 0.0712 e. The van der Waals surface area contributed by atoms with Crippen LogP contribution < -0.4 is 0 Å². The summed E-state index contributed by atoms with van der Waals surface area (Å²) < 4.78 is 0. The molecular weight excluding hydrogens is 579 g/mol. The molecule has 7 aromatic carbocycles. The van der Waals surface area contributed by atoms with Crippen LogP contribution >= 0.6 is 0 Å². The van der Waals surface area contributed by atoms with Gasteiger partial charge in [-0.05, 0) is 91.5 Å². The molecule has 1 aliphatic rings. The molecule has 0 fully saturated rings. The van der Waals surface area contributed by atoms with Crippen molar-refractivity contribution in [3.63, 3.8) is 0 Å². The third-order valence-corrected chi connectivity index (χ3v) is 10.2. The van der Waals surface area contributed by atoms with Crippen molar-refractivity contribution in [1.82, 2.24) is 4.98 Å². The molecule has 0 bridgehead atoms. The first kappa shape index (κ1) is 28.4. The van der Waals surface area contributed by atoms with Gasteiger partial charge in [-0.2, -0.15) is 0 Å². The Morgan fingerprint density at radius 2 is 0.958 bits per heavy atom. The van der Waals surface area contributed by atoms with Gasteiger partial charge in [-0.25, -0.2) is 4.98 Å². The first-order valence-corrected chi connectivity index (χ1v) is 17.0. The lowest BCUT2D eigenvalue weighted by Gasteiger charge is -2.28. The number of allylic oxidation sites excluding steroid dienone is 2. The molecule has 48 heavy (non-hydrogen) atoms. The Hall–Kier alpha value is -5.79. The minimum atomic E-state index is 0.317. The number of pyridine rings is 1. The van der Waals surface area contributed by atoms with Gasteiger partial charge in [0.15, 0.2) is 0 Å². The van der Waals surface area contributed by atoms with Crippen molar-refractivity contribution < 1.29 is 0 Å². The molecule has 2 atom stereocenters. The van der Waals surface area contributed by atoms with E-state index in [-0.39, 0.29) is 0 Å². The molecule has 9 rings (SSSR count). The number of rotatable bonds is 5. The largest absolute Gasteiger partial charge is 0.248 e. The van der Waals surface area contributed by atoms with Crippen LogP contribution in [0.15, 0.2) is 176 Å². The van der Waals surface area contributed by atoms with Gasteiger partial charge in [0.05, 0.1) is 11.4 Å². The lowest BCUT2D eigenvalue weighted by molar-refractivity contribution is 0.567. The third kappa shape index (κ3) is 5.09. The number of benzene rings is 7. The Kier molecular flexibility index (Phi) is 7.17. The highest BCUT2D eigenvalue weighted by Gasteiger charge is 2.24.